The Morgan fingerprint density at radius 3 is 2.50 bits per heavy atom. The van der Waals surface area contributed by atoms with Crippen LogP contribution in [0.25, 0.3) is 32.1 Å². The molecule has 0 amide bonds. The zero-order chi connectivity index (χ0) is 27.8. The van der Waals surface area contributed by atoms with Gasteiger partial charge in [-0.15, -0.1) is 11.3 Å². The van der Waals surface area contributed by atoms with Gasteiger partial charge in [0.1, 0.15) is 5.82 Å². The van der Waals surface area contributed by atoms with Gasteiger partial charge in [0, 0.05) is 34.0 Å². The average Bonchev–Trinajstić information content (AvgIpc) is 3.06. The first-order valence-electron chi connectivity index (χ1n) is 13.4. The van der Waals surface area contributed by atoms with Crippen LogP contribution in [0.4, 0.5) is 4.39 Å². The number of rotatable bonds is 2. The van der Waals surface area contributed by atoms with Gasteiger partial charge in [-0.3, -0.25) is 4.98 Å². The number of nitrogens with zero attached hydrogens (tertiary/aromatic N) is 1. The van der Waals surface area contributed by atoms with Crippen molar-refractivity contribution in [3.63, 3.8) is 0 Å². The molecular weight excluding hydrogens is 381 g/mol. The molecule has 0 atom stereocenters. The van der Waals surface area contributed by atoms with Crippen molar-refractivity contribution in [2.45, 2.75) is 45.6 Å². The molecule has 2 aromatic carbocycles. The van der Waals surface area contributed by atoms with Crippen LogP contribution < -0.4 is 4.50 Å². The number of thiophene rings is 1. The summed E-state index contributed by atoms with van der Waals surface area (Å²) >= 11 is 0.596. The van der Waals surface area contributed by atoms with E-state index in [4.69, 9.17) is 12.3 Å². The Morgan fingerprint density at radius 1 is 1.04 bits per heavy atom. The Labute approximate surface area is 183 Å². The first-order chi connectivity index (χ1) is 16.8. The predicted molar refractivity (Wildman–Crippen MR) is 124 cm³/mol. The number of aromatic nitrogens is 1. The topological polar surface area (TPSA) is 12.9 Å². The number of hydrogen-bond donors (Lipinski definition) is 0. The third-order valence-electron chi connectivity index (χ3n) is 4.83. The summed E-state index contributed by atoms with van der Waals surface area (Å²) in [6.45, 7) is -4.04. The lowest BCUT2D eigenvalue weighted by molar-refractivity contribution is 0.596. The van der Waals surface area contributed by atoms with E-state index in [0.29, 0.717) is 22.6 Å². The van der Waals surface area contributed by atoms with Crippen LogP contribution in [0.1, 0.15) is 38.7 Å². The molecule has 0 unspecified atom stereocenters. The molecule has 4 rings (SSSR count). The lowest BCUT2D eigenvalue weighted by Crippen LogP contribution is -2.37. The average molecular weight is 417 g/mol. The molecular formula is C24H26FNSSi. The molecule has 0 aliphatic rings. The van der Waals surface area contributed by atoms with E-state index in [2.05, 4.69) is 25.8 Å². The van der Waals surface area contributed by atoms with Crippen LogP contribution in [0.2, 0.25) is 19.4 Å². The van der Waals surface area contributed by atoms with Gasteiger partial charge in [0.2, 0.25) is 0 Å². The Morgan fingerprint density at radius 2 is 1.79 bits per heavy atom. The smallest absolute Gasteiger partial charge is 0.140 e. The summed E-state index contributed by atoms with van der Waals surface area (Å²) in [6.07, 6.45) is 1.37. The van der Waals surface area contributed by atoms with Crippen molar-refractivity contribution in [3.8, 4) is 11.3 Å². The highest BCUT2D eigenvalue weighted by atomic mass is 32.1. The largest absolute Gasteiger partial charge is 0.255 e. The Hall–Kier alpha value is -2.04. The summed E-state index contributed by atoms with van der Waals surface area (Å²) in [5, 5.41) is 1.94. The Balaban J connectivity index is 2.12. The minimum absolute atomic E-state index is 0.0370. The van der Waals surface area contributed by atoms with Crippen molar-refractivity contribution in [2.24, 2.45) is 0 Å². The quantitative estimate of drug-likeness (QED) is 0.318. The van der Waals surface area contributed by atoms with E-state index < -0.39 is 37.8 Å². The van der Waals surface area contributed by atoms with Crippen molar-refractivity contribution < 1.29 is 16.7 Å². The van der Waals surface area contributed by atoms with E-state index in [1.54, 1.807) is 0 Å². The monoisotopic (exact) mass is 416 g/mol. The van der Waals surface area contributed by atoms with Crippen LogP contribution in [0.3, 0.4) is 0 Å². The summed E-state index contributed by atoms with van der Waals surface area (Å²) in [5.41, 5.74) is 1.76. The fourth-order valence-corrected chi connectivity index (χ4v) is 5.83. The first-order valence-corrected chi connectivity index (χ1v) is 11.7. The van der Waals surface area contributed by atoms with Crippen LogP contribution in [-0.4, -0.2) is 13.1 Å². The molecule has 0 saturated carbocycles. The zero-order valence-electron chi connectivity index (χ0n) is 24.9. The van der Waals surface area contributed by atoms with Crippen LogP contribution in [0, 0.1) is 5.82 Å². The third-order valence-corrected chi connectivity index (χ3v) is 7.95. The molecule has 2 heterocycles. The van der Waals surface area contributed by atoms with Crippen molar-refractivity contribution in [2.75, 3.05) is 0 Å². The molecule has 0 spiro atoms. The van der Waals surface area contributed by atoms with Crippen molar-refractivity contribution in [1.82, 2.24) is 4.98 Å². The van der Waals surface area contributed by atoms with Gasteiger partial charge in [-0.1, -0.05) is 64.5 Å². The van der Waals surface area contributed by atoms with Crippen molar-refractivity contribution >= 4 is 44.8 Å². The summed E-state index contributed by atoms with van der Waals surface area (Å²) in [6, 6.07) is 13.0. The Bertz CT molecular complexity index is 1460. The summed E-state index contributed by atoms with van der Waals surface area (Å²) < 4.78 is 88.1. The van der Waals surface area contributed by atoms with Crippen molar-refractivity contribution in [1.29, 1.82) is 0 Å². The predicted octanol–water partition coefficient (Wildman–Crippen LogP) is 7.10. The van der Waals surface area contributed by atoms with Gasteiger partial charge in [0.25, 0.3) is 0 Å². The second-order valence-corrected chi connectivity index (χ2v) is 11.4. The zero-order valence-corrected chi connectivity index (χ0v) is 17.7. The lowest BCUT2D eigenvalue weighted by Gasteiger charge is -2.22. The van der Waals surface area contributed by atoms with E-state index in [-0.39, 0.29) is 15.5 Å². The van der Waals surface area contributed by atoms with E-state index >= 15 is 4.39 Å². The van der Waals surface area contributed by atoms with Gasteiger partial charge < -0.3 is 0 Å². The SMILES string of the molecule is [2H]C([2H])([2H])[Si](c1sc2c(-c3cc(C(C)(C)C)c4ccccc4c3)nccc2c1F)(C([2H])([2H])[2H])C([2H])([2H])[2H]. The highest BCUT2D eigenvalue weighted by Crippen LogP contribution is 2.38. The van der Waals surface area contributed by atoms with E-state index in [9.17, 15) is 0 Å². The maximum atomic E-state index is 16.0. The first kappa shape index (κ1) is 11.2. The fourth-order valence-electron chi connectivity index (χ4n) is 3.51. The second kappa shape index (κ2) is 6.50. The van der Waals surface area contributed by atoms with Crippen molar-refractivity contribution in [3.05, 3.63) is 60.0 Å². The standard InChI is InChI=1S/C24H26FNSSi/c1-24(2,3)19-14-16(13-15-9-7-8-10-17(15)19)21-22-18(11-12-26-21)20(25)23(27-22)28(4,5)6/h7-14H,1-6H3/i4D3,5D3,6D3. The van der Waals surface area contributed by atoms with Gasteiger partial charge in [-0.2, -0.15) is 0 Å². The molecule has 0 saturated heterocycles. The van der Waals surface area contributed by atoms with E-state index in [1.807, 2.05) is 36.4 Å². The third kappa shape index (κ3) is 3.19. The molecule has 0 bridgehead atoms. The number of benzene rings is 2. The highest BCUT2D eigenvalue weighted by Gasteiger charge is 2.27. The maximum Gasteiger partial charge on any atom is 0.140 e. The van der Waals surface area contributed by atoms with Gasteiger partial charge in [0.15, 0.2) is 0 Å². The van der Waals surface area contributed by atoms with Gasteiger partial charge in [-0.05, 0) is 39.9 Å². The van der Waals surface area contributed by atoms with Gasteiger partial charge in [0.05, 0.1) is 18.5 Å². The molecule has 4 heteroatoms. The van der Waals surface area contributed by atoms with Crippen LogP contribution >= 0.6 is 11.3 Å². The fraction of sp³-hybridized carbons (Fsp3) is 0.292. The number of halogens is 1. The molecule has 28 heavy (non-hydrogen) atoms. The Kier molecular flexibility index (Phi) is 2.60. The molecule has 0 aliphatic carbocycles. The minimum atomic E-state index is -5.50. The lowest BCUT2D eigenvalue weighted by atomic mass is 9.82. The van der Waals surface area contributed by atoms with Crippen LogP contribution in [0.5, 0.6) is 0 Å². The number of pyridine rings is 1. The molecule has 2 aromatic heterocycles. The summed E-state index contributed by atoms with van der Waals surface area (Å²) in [4.78, 5) is 4.47. The molecule has 1 nitrogen and oxygen atoms in total. The number of fused-ring (bicyclic) bond motifs is 2. The van der Waals surface area contributed by atoms with Gasteiger partial charge in [-0.25, -0.2) is 4.39 Å². The molecule has 4 aromatic rings. The number of hydrogen-bond acceptors (Lipinski definition) is 2. The highest BCUT2D eigenvalue weighted by molar-refractivity contribution is 7.31. The molecule has 0 fully saturated rings. The normalized spacial score (nSPS) is 18.9. The minimum Gasteiger partial charge on any atom is -0.255 e. The van der Waals surface area contributed by atoms with Crippen LogP contribution in [0.15, 0.2) is 48.7 Å². The molecule has 144 valence electrons. The molecule has 0 N–H and O–H groups in total. The molecule has 0 aliphatic heterocycles. The maximum absolute atomic E-state index is 16.0. The second-order valence-electron chi connectivity index (χ2n) is 8.03. The molecule has 0 radical (unpaired) electrons. The van der Waals surface area contributed by atoms with Crippen LogP contribution in [-0.2, 0) is 5.41 Å². The van der Waals surface area contributed by atoms with E-state index in [1.165, 1.54) is 12.3 Å². The van der Waals surface area contributed by atoms with E-state index in [0.717, 1.165) is 16.3 Å². The van der Waals surface area contributed by atoms with Gasteiger partial charge >= 0.3 is 0 Å². The summed E-state index contributed by atoms with van der Waals surface area (Å²) in [7, 11) is -5.50. The summed E-state index contributed by atoms with van der Waals surface area (Å²) in [5.74, 6) is -1.10.